The highest BCUT2D eigenvalue weighted by Gasteiger charge is 2.31. The molecule has 1 rings (SSSR count). The second kappa shape index (κ2) is 4.58. The maximum absolute atomic E-state index is 9.56. The molecule has 2 heteroatoms. The first-order valence-corrected chi connectivity index (χ1v) is 5.01. The van der Waals surface area contributed by atoms with Crippen molar-refractivity contribution in [1.29, 1.82) is 0 Å². The van der Waals surface area contributed by atoms with Crippen LogP contribution < -0.4 is 0 Å². The van der Waals surface area contributed by atoms with Gasteiger partial charge in [0.2, 0.25) is 0 Å². The van der Waals surface area contributed by atoms with Crippen LogP contribution in [0.2, 0.25) is 0 Å². The van der Waals surface area contributed by atoms with Gasteiger partial charge in [0.05, 0.1) is 12.1 Å². The minimum atomic E-state index is -0.235. The maximum Gasteiger partial charge on any atom is 0.0686 e. The first kappa shape index (κ1) is 11.2. The Morgan fingerprint density at radius 2 is 1.79 bits per heavy atom. The summed E-state index contributed by atoms with van der Waals surface area (Å²) in [7, 11) is 4.01. The number of hydrogen-bond acceptors (Lipinski definition) is 2. The highest BCUT2D eigenvalue weighted by atomic mass is 16.3. The smallest absolute Gasteiger partial charge is 0.0686 e. The van der Waals surface area contributed by atoms with Crippen LogP contribution in [0, 0.1) is 0 Å². The molecule has 0 saturated carbocycles. The number of aliphatic hydroxyl groups is 1. The second-order valence-corrected chi connectivity index (χ2v) is 3.80. The Morgan fingerprint density at radius 3 is 2.14 bits per heavy atom. The van der Waals surface area contributed by atoms with E-state index in [2.05, 4.69) is 24.0 Å². The summed E-state index contributed by atoms with van der Waals surface area (Å²) < 4.78 is 0. The summed E-state index contributed by atoms with van der Waals surface area (Å²) >= 11 is 0. The van der Waals surface area contributed by atoms with Crippen molar-refractivity contribution in [2.24, 2.45) is 0 Å². The van der Waals surface area contributed by atoms with Gasteiger partial charge in [-0.2, -0.15) is 0 Å². The molecule has 2 nitrogen and oxygen atoms in total. The predicted octanol–water partition coefficient (Wildman–Crippen LogP) is 1.85. The molecule has 0 aromatic heterocycles. The van der Waals surface area contributed by atoms with E-state index < -0.39 is 0 Å². The molecule has 0 bridgehead atoms. The Hall–Kier alpha value is -0.860. The van der Waals surface area contributed by atoms with Crippen LogP contribution in [-0.2, 0) is 5.54 Å². The Bertz CT molecular complexity index is 265. The minimum absolute atomic E-state index is 0.153. The molecule has 0 amide bonds. The molecule has 78 valence electrons. The molecule has 14 heavy (non-hydrogen) atoms. The van der Waals surface area contributed by atoms with Crippen LogP contribution in [0.5, 0.6) is 0 Å². The van der Waals surface area contributed by atoms with Crippen molar-refractivity contribution >= 4 is 0 Å². The van der Waals surface area contributed by atoms with Gasteiger partial charge >= 0.3 is 0 Å². The molecule has 0 aliphatic heterocycles. The average Bonchev–Trinajstić information content (AvgIpc) is 2.22. The lowest BCUT2D eigenvalue weighted by atomic mass is 9.87. The van der Waals surface area contributed by atoms with E-state index in [4.69, 9.17) is 0 Å². The molecule has 0 spiro atoms. The predicted molar refractivity (Wildman–Crippen MR) is 59.2 cm³/mol. The molecular formula is C12H19NO. The van der Waals surface area contributed by atoms with E-state index in [0.717, 1.165) is 6.42 Å². The van der Waals surface area contributed by atoms with Gasteiger partial charge in [-0.05, 0) is 26.1 Å². The molecule has 1 N–H and O–H groups in total. The van der Waals surface area contributed by atoms with Crippen LogP contribution in [0.4, 0.5) is 0 Å². The van der Waals surface area contributed by atoms with Gasteiger partial charge in [0.1, 0.15) is 0 Å². The highest BCUT2D eigenvalue weighted by molar-refractivity contribution is 5.24. The molecule has 1 aromatic carbocycles. The van der Waals surface area contributed by atoms with Crippen molar-refractivity contribution in [2.75, 3.05) is 20.7 Å². The lowest BCUT2D eigenvalue weighted by molar-refractivity contribution is 0.0623. The standard InChI is InChI=1S/C12H19NO/c1-4-12(10-14,13(2)3)11-8-6-5-7-9-11/h5-9,14H,4,10H2,1-3H3/t12-/m0/s1. The Morgan fingerprint density at radius 1 is 1.21 bits per heavy atom. The van der Waals surface area contributed by atoms with Crippen LogP contribution in [0.3, 0.4) is 0 Å². The van der Waals surface area contributed by atoms with E-state index in [1.54, 1.807) is 0 Å². The number of likely N-dealkylation sites (N-methyl/N-ethyl adjacent to an activating group) is 1. The van der Waals surface area contributed by atoms with E-state index in [9.17, 15) is 5.11 Å². The molecule has 1 aromatic rings. The molecule has 0 unspecified atom stereocenters. The lowest BCUT2D eigenvalue weighted by Crippen LogP contribution is -2.44. The third-order valence-corrected chi connectivity index (χ3v) is 3.01. The maximum atomic E-state index is 9.56. The van der Waals surface area contributed by atoms with E-state index in [1.807, 2.05) is 32.3 Å². The summed E-state index contributed by atoms with van der Waals surface area (Å²) in [5.74, 6) is 0. The van der Waals surface area contributed by atoms with Gasteiger partial charge in [0, 0.05) is 0 Å². The Labute approximate surface area is 86.2 Å². The largest absolute Gasteiger partial charge is 0.394 e. The van der Waals surface area contributed by atoms with Gasteiger partial charge < -0.3 is 5.11 Å². The van der Waals surface area contributed by atoms with Gasteiger partial charge in [0.15, 0.2) is 0 Å². The molecule has 0 radical (unpaired) electrons. The number of aliphatic hydroxyl groups excluding tert-OH is 1. The van der Waals surface area contributed by atoms with Crippen molar-refractivity contribution in [3.05, 3.63) is 35.9 Å². The zero-order chi connectivity index (χ0) is 10.6. The third-order valence-electron chi connectivity index (χ3n) is 3.01. The highest BCUT2D eigenvalue weighted by Crippen LogP contribution is 2.29. The SMILES string of the molecule is CC[C@](CO)(c1ccccc1)N(C)C. The van der Waals surface area contributed by atoms with Crippen LogP contribution in [0.25, 0.3) is 0 Å². The summed E-state index contributed by atoms with van der Waals surface area (Å²) in [5, 5.41) is 9.56. The molecule has 0 aliphatic carbocycles. The number of benzene rings is 1. The number of nitrogens with zero attached hydrogens (tertiary/aromatic N) is 1. The quantitative estimate of drug-likeness (QED) is 0.788. The molecule has 0 saturated heterocycles. The fourth-order valence-electron chi connectivity index (χ4n) is 1.87. The molecule has 0 aliphatic rings. The van der Waals surface area contributed by atoms with Crippen LogP contribution in [-0.4, -0.2) is 30.7 Å². The van der Waals surface area contributed by atoms with Crippen molar-refractivity contribution in [3.63, 3.8) is 0 Å². The topological polar surface area (TPSA) is 23.5 Å². The average molecular weight is 193 g/mol. The molecule has 0 heterocycles. The molecular weight excluding hydrogens is 174 g/mol. The van der Waals surface area contributed by atoms with Gasteiger partial charge in [-0.25, -0.2) is 0 Å². The van der Waals surface area contributed by atoms with Gasteiger partial charge in [-0.3, -0.25) is 4.90 Å². The van der Waals surface area contributed by atoms with Crippen LogP contribution >= 0.6 is 0 Å². The number of rotatable bonds is 4. The molecule has 1 atom stereocenters. The number of hydrogen-bond donors (Lipinski definition) is 1. The normalized spacial score (nSPS) is 15.5. The van der Waals surface area contributed by atoms with Gasteiger partial charge in [0.25, 0.3) is 0 Å². The summed E-state index contributed by atoms with van der Waals surface area (Å²) in [6.45, 7) is 2.25. The Kier molecular flexibility index (Phi) is 3.67. The van der Waals surface area contributed by atoms with Crippen LogP contribution in [0.1, 0.15) is 18.9 Å². The van der Waals surface area contributed by atoms with Gasteiger partial charge in [-0.1, -0.05) is 37.3 Å². The van der Waals surface area contributed by atoms with Crippen LogP contribution in [0.15, 0.2) is 30.3 Å². The van der Waals surface area contributed by atoms with Crippen molar-refractivity contribution in [2.45, 2.75) is 18.9 Å². The summed E-state index contributed by atoms with van der Waals surface area (Å²) in [6, 6.07) is 10.2. The zero-order valence-electron chi connectivity index (χ0n) is 9.20. The third kappa shape index (κ3) is 1.81. The summed E-state index contributed by atoms with van der Waals surface area (Å²) in [4.78, 5) is 2.09. The minimum Gasteiger partial charge on any atom is -0.394 e. The first-order valence-electron chi connectivity index (χ1n) is 5.01. The summed E-state index contributed by atoms with van der Waals surface area (Å²) in [5.41, 5.74) is 0.941. The Balaban J connectivity index is 3.11. The van der Waals surface area contributed by atoms with Crippen molar-refractivity contribution in [3.8, 4) is 0 Å². The zero-order valence-corrected chi connectivity index (χ0v) is 9.20. The lowest BCUT2D eigenvalue weighted by Gasteiger charge is -2.38. The van der Waals surface area contributed by atoms with E-state index in [0.29, 0.717) is 0 Å². The fourth-order valence-corrected chi connectivity index (χ4v) is 1.87. The monoisotopic (exact) mass is 193 g/mol. The fraction of sp³-hybridized carbons (Fsp3) is 0.500. The molecule has 0 fully saturated rings. The second-order valence-electron chi connectivity index (χ2n) is 3.80. The first-order chi connectivity index (χ1) is 6.67. The van der Waals surface area contributed by atoms with E-state index in [1.165, 1.54) is 5.56 Å². The van der Waals surface area contributed by atoms with Crippen molar-refractivity contribution in [1.82, 2.24) is 4.90 Å². The van der Waals surface area contributed by atoms with E-state index >= 15 is 0 Å². The van der Waals surface area contributed by atoms with Crippen molar-refractivity contribution < 1.29 is 5.11 Å². The van der Waals surface area contributed by atoms with Gasteiger partial charge in [-0.15, -0.1) is 0 Å². The summed E-state index contributed by atoms with van der Waals surface area (Å²) in [6.07, 6.45) is 0.903. The van der Waals surface area contributed by atoms with E-state index in [-0.39, 0.29) is 12.1 Å².